The summed E-state index contributed by atoms with van der Waals surface area (Å²) in [5, 5.41) is 3.10. The van der Waals surface area contributed by atoms with Crippen molar-refractivity contribution in [3.8, 4) is 0 Å². The third kappa shape index (κ3) is 10.1. The van der Waals surface area contributed by atoms with E-state index in [9.17, 15) is 0 Å². The average Bonchev–Trinajstić information content (AvgIpc) is 3.36. The summed E-state index contributed by atoms with van der Waals surface area (Å²) in [5.41, 5.74) is 0. The van der Waals surface area contributed by atoms with Gasteiger partial charge in [-0.05, 0) is 13.8 Å². The lowest BCUT2D eigenvalue weighted by Gasteiger charge is -1.87. The molecule has 0 amide bonds. The van der Waals surface area contributed by atoms with Crippen molar-refractivity contribution in [2.45, 2.75) is 27.7 Å². The highest BCUT2D eigenvalue weighted by atomic mass is 32.1. The van der Waals surface area contributed by atoms with Crippen molar-refractivity contribution in [3.05, 3.63) is 53.2 Å². The molecule has 25 heavy (non-hydrogen) atoms. The maximum absolute atomic E-state index is 4.90. The molecule has 1 aliphatic heterocycles. The summed E-state index contributed by atoms with van der Waals surface area (Å²) in [7, 11) is 1.97. The molecule has 8 heteroatoms. The molecule has 0 fully saturated rings. The van der Waals surface area contributed by atoms with E-state index in [0.29, 0.717) is 0 Å². The second kappa shape index (κ2) is 12.0. The van der Waals surface area contributed by atoms with Crippen molar-refractivity contribution in [1.29, 1.82) is 0 Å². The van der Waals surface area contributed by atoms with Crippen molar-refractivity contribution in [2.75, 3.05) is 13.2 Å². The highest BCUT2D eigenvalue weighted by molar-refractivity contribution is 7.09. The largest absolute Gasteiger partial charge is 0.479 e. The number of nitrogens with zero attached hydrogens (tertiary/aromatic N) is 5. The van der Waals surface area contributed by atoms with Crippen molar-refractivity contribution < 1.29 is 9.15 Å². The first kappa shape index (κ1) is 20.6. The predicted molar refractivity (Wildman–Crippen MR) is 100.0 cm³/mol. The van der Waals surface area contributed by atoms with Crippen LogP contribution in [0.2, 0.25) is 0 Å². The van der Waals surface area contributed by atoms with Crippen molar-refractivity contribution in [3.63, 3.8) is 0 Å². The van der Waals surface area contributed by atoms with Crippen molar-refractivity contribution in [1.82, 2.24) is 19.5 Å². The Labute approximate surface area is 152 Å². The third-order valence-corrected chi connectivity index (χ3v) is 3.61. The van der Waals surface area contributed by atoms with Crippen molar-refractivity contribution in [2.24, 2.45) is 12.0 Å². The normalized spacial score (nSPS) is 11.6. The summed E-state index contributed by atoms with van der Waals surface area (Å²) in [6.07, 6.45) is 8.69. The summed E-state index contributed by atoms with van der Waals surface area (Å²) < 4.78 is 11.6. The average molecular weight is 363 g/mol. The van der Waals surface area contributed by atoms with Gasteiger partial charge < -0.3 is 13.7 Å². The predicted octanol–water partition coefficient (Wildman–Crippen LogP) is 3.60. The van der Waals surface area contributed by atoms with Gasteiger partial charge in [0.05, 0.1) is 17.7 Å². The minimum Gasteiger partial charge on any atom is -0.479 e. The summed E-state index contributed by atoms with van der Waals surface area (Å²) >= 11 is 1.67. The minimum absolute atomic E-state index is 0.718. The number of aryl methyl sites for hydroxylation is 4. The fraction of sp³-hybridized carbons (Fsp3) is 0.412. The van der Waals surface area contributed by atoms with Crippen LogP contribution in [-0.4, -0.2) is 38.6 Å². The van der Waals surface area contributed by atoms with E-state index in [4.69, 9.17) is 9.15 Å². The van der Waals surface area contributed by atoms with Crippen LogP contribution in [-0.2, 0) is 11.8 Å². The molecule has 0 radical (unpaired) electrons. The van der Waals surface area contributed by atoms with Gasteiger partial charge in [-0.1, -0.05) is 0 Å². The molecule has 4 heterocycles. The van der Waals surface area contributed by atoms with Crippen LogP contribution in [0.4, 0.5) is 0 Å². The molecule has 7 nitrogen and oxygen atoms in total. The quantitative estimate of drug-likeness (QED) is 0.610. The molecule has 0 N–H and O–H groups in total. The van der Waals surface area contributed by atoms with E-state index in [1.807, 2.05) is 44.0 Å². The Morgan fingerprint density at radius 1 is 1.04 bits per heavy atom. The van der Waals surface area contributed by atoms with Crippen LogP contribution in [0.3, 0.4) is 0 Å². The van der Waals surface area contributed by atoms with Gasteiger partial charge in [-0.25, -0.2) is 9.97 Å². The zero-order chi connectivity index (χ0) is 18.5. The number of aliphatic imine (C=N–C) groups is 1. The molecule has 0 atom stereocenters. The maximum Gasteiger partial charge on any atom is 0.190 e. The lowest BCUT2D eigenvalue weighted by atomic mass is 10.7. The first-order valence-corrected chi connectivity index (χ1v) is 8.67. The number of hydrogen-bond donors (Lipinski definition) is 0. The number of aromatic nitrogens is 4. The second-order valence-electron chi connectivity index (χ2n) is 4.94. The van der Waals surface area contributed by atoms with Gasteiger partial charge in [0, 0.05) is 44.9 Å². The number of hydrogen-bond acceptors (Lipinski definition) is 7. The smallest absolute Gasteiger partial charge is 0.190 e. The van der Waals surface area contributed by atoms with Crippen LogP contribution in [0.5, 0.6) is 0 Å². The van der Waals surface area contributed by atoms with E-state index >= 15 is 0 Å². The Bertz CT molecular complexity index is 657. The van der Waals surface area contributed by atoms with Crippen LogP contribution in [0, 0.1) is 20.8 Å². The van der Waals surface area contributed by atoms with E-state index < -0.39 is 0 Å². The van der Waals surface area contributed by atoms with Crippen molar-refractivity contribution >= 4 is 17.2 Å². The fourth-order valence-corrected chi connectivity index (χ4v) is 1.91. The van der Waals surface area contributed by atoms with E-state index in [0.717, 1.165) is 35.8 Å². The lowest BCUT2D eigenvalue weighted by molar-refractivity contribution is 0.345. The summed E-state index contributed by atoms with van der Waals surface area (Å²) in [6, 6.07) is 0. The molecule has 3 aromatic rings. The number of ether oxygens (including phenoxy) is 1. The molecule has 136 valence electrons. The zero-order valence-electron chi connectivity index (χ0n) is 15.3. The summed E-state index contributed by atoms with van der Waals surface area (Å²) in [5.74, 6) is 2.60. The third-order valence-electron chi connectivity index (χ3n) is 2.91. The van der Waals surface area contributed by atoms with E-state index in [1.165, 1.54) is 0 Å². The van der Waals surface area contributed by atoms with Crippen LogP contribution >= 0.6 is 11.3 Å². The second-order valence-corrected chi connectivity index (χ2v) is 6.04. The van der Waals surface area contributed by atoms with Gasteiger partial charge in [0.1, 0.15) is 18.7 Å². The number of imidazole rings is 1. The molecule has 0 bridgehead atoms. The Morgan fingerprint density at radius 2 is 1.84 bits per heavy atom. The van der Waals surface area contributed by atoms with Gasteiger partial charge >= 0.3 is 0 Å². The number of rotatable bonds is 0. The molecule has 3 aromatic heterocycles. The topological polar surface area (TPSA) is 78.3 Å². The SMILES string of the molecule is CC1=NCCO1.Cc1nccn1C.Cc1ncco1.Cc1nccs1. The first-order chi connectivity index (χ1) is 12.0. The molecule has 0 saturated heterocycles. The van der Waals surface area contributed by atoms with Crippen LogP contribution in [0.25, 0.3) is 0 Å². The summed E-state index contributed by atoms with van der Waals surface area (Å²) in [4.78, 5) is 15.6. The molecule has 0 aromatic carbocycles. The van der Waals surface area contributed by atoms with Crippen LogP contribution in [0.15, 0.2) is 45.8 Å². The van der Waals surface area contributed by atoms with Crippen LogP contribution in [0.1, 0.15) is 23.6 Å². The number of oxazole rings is 1. The molecular formula is C17H25N5O2S. The van der Waals surface area contributed by atoms with Gasteiger partial charge in [0.15, 0.2) is 11.8 Å². The molecule has 0 spiro atoms. The Balaban J connectivity index is 0.000000167. The van der Waals surface area contributed by atoms with Crippen LogP contribution < -0.4 is 0 Å². The van der Waals surface area contributed by atoms with Gasteiger partial charge in [-0.15, -0.1) is 11.3 Å². The maximum atomic E-state index is 4.90. The highest BCUT2D eigenvalue weighted by Gasteiger charge is 1.96. The van der Waals surface area contributed by atoms with E-state index in [-0.39, 0.29) is 0 Å². The van der Waals surface area contributed by atoms with Gasteiger partial charge in [0.25, 0.3) is 0 Å². The molecule has 0 unspecified atom stereocenters. The molecule has 4 rings (SSSR count). The Kier molecular flexibility index (Phi) is 9.84. The molecular weight excluding hydrogens is 338 g/mol. The molecule has 0 saturated carbocycles. The molecule has 1 aliphatic rings. The monoisotopic (exact) mass is 363 g/mol. The van der Waals surface area contributed by atoms with E-state index in [2.05, 4.69) is 19.9 Å². The summed E-state index contributed by atoms with van der Waals surface area (Å²) in [6.45, 7) is 9.27. The minimum atomic E-state index is 0.718. The Morgan fingerprint density at radius 3 is 2.00 bits per heavy atom. The fourth-order valence-electron chi connectivity index (χ4n) is 1.47. The molecule has 0 aliphatic carbocycles. The zero-order valence-corrected chi connectivity index (χ0v) is 16.2. The van der Waals surface area contributed by atoms with Gasteiger partial charge in [-0.3, -0.25) is 9.98 Å². The first-order valence-electron chi connectivity index (χ1n) is 7.79. The lowest BCUT2D eigenvalue weighted by Crippen LogP contribution is -1.89. The standard InChI is InChI=1S/C5H8N2.C4H7NO.C4H5NO.C4H5NS/c1-5-6-3-4-7(5)2;3*1-4-5-2-3-6-4/h3-4H,1-2H3;2-3H2,1H3;2*2-3H,1H3. The highest BCUT2D eigenvalue weighted by Crippen LogP contribution is 1.98. The van der Waals surface area contributed by atoms with Gasteiger partial charge in [0.2, 0.25) is 0 Å². The van der Waals surface area contributed by atoms with Gasteiger partial charge in [-0.2, -0.15) is 0 Å². The number of thiazole rings is 1. The van der Waals surface area contributed by atoms with E-state index in [1.54, 1.807) is 43.1 Å². The Hall–Kier alpha value is -2.48.